The van der Waals surface area contributed by atoms with Gasteiger partial charge in [0, 0.05) is 35.4 Å². The summed E-state index contributed by atoms with van der Waals surface area (Å²) in [5, 5.41) is 10.7. The van der Waals surface area contributed by atoms with Crippen molar-refractivity contribution in [1.82, 2.24) is 0 Å². The van der Waals surface area contributed by atoms with Crippen LogP contribution in [-0.4, -0.2) is 36.2 Å². The van der Waals surface area contributed by atoms with E-state index in [0.29, 0.717) is 19.3 Å². The van der Waals surface area contributed by atoms with Gasteiger partial charge in [0.05, 0.1) is 6.10 Å². The molecular weight excluding hydrogens is 502 g/mol. The van der Waals surface area contributed by atoms with Gasteiger partial charge in [-0.3, -0.25) is 14.4 Å². The van der Waals surface area contributed by atoms with Crippen LogP contribution < -0.4 is 5.73 Å². The Morgan fingerprint density at radius 1 is 0.868 bits per heavy atom. The Balaban J connectivity index is 1.64. The molecule has 1 heterocycles. The number of hydrogen-bond acceptors (Lipinski definition) is 7. The van der Waals surface area contributed by atoms with Gasteiger partial charge in [0.15, 0.2) is 0 Å². The zero-order chi connectivity index (χ0) is 27.5. The number of primary amides is 1. The van der Waals surface area contributed by atoms with Crippen molar-refractivity contribution in [2.24, 2.45) is 11.1 Å². The molecule has 3 N–H and O–H groups in total. The van der Waals surface area contributed by atoms with E-state index >= 15 is 0 Å². The van der Waals surface area contributed by atoms with Gasteiger partial charge in [-0.1, -0.05) is 54.6 Å². The van der Waals surface area contributed by atoms with Crippen LogP contribution in [0.3, 0.4) is 0 Å². The molecule has 0 saturated heterocycles. The molecular formula is C30H35NO6S. The second-order valence-corrected chi connectivity index (χ2v) is 10.8. The van der Waals surface area contributed by atoms with E-state index < -0.39 is 29.4 Å². The lowest BCUT2D eigenvalue weighted by Crippen LogP contribution is -2.38. The zero-order valence-corrected chi connectivity index (χ0v) is 22.7. The largest absolute Gasteiger partial charge is 0.465 e. The standard InChI is InChI=1S/C30H35NO6S/c1-21(32)36-19-30(18-29(31)35,20-37-22(2)33)17-16-24-8-11-25(12-9-24)27-14-15-28(38-27)26(34)13-10-23-6-4-3-5-7-23/h3-9,11-12,14-15,26,34H,10,13,16-20H2,1-2H3,(H2,31,35). The molecule has 202 valence electrons. The van der Waals surface area contributed by atoms with Gasteiger partial charge >= 0.3 is 11.9 Å². The third-order valence-corrected chi connectivity index (χ3v) is 7.63. The van der Waals surface area contributed by atoms with E-state index in [1.165, 1.54) is 19.4 Å². The number of esters is 2. The molecule has 0 aliphatic heterocycles. The van der Waals surface area contributed by atoms with Crippen LogP contribution in [0.2, 0.25) is 0 Å². The second-order valence-electron chi connectivity index (χ2n) is 9.64. The topological polar surface area (TPSA) is 116 Å². The van der Waals surface area contributed by atoms with Crippen molar-refractivity contribution in [3.05, 3.63) is 82.7 Å². The first-order valence-electron chi connectivity index (χ1n) is 12.6. The molecule has 1 amide bonds. The number of carbonyl (C=O) groups is 3. The number of nitrogens with two attached hydrogens (primary N) is 1. The van der Waals surface area contributed by atoms with Crippen molar-refractivity contribution in [1.29, 1.82) is 0 Å². The lowest BCUT2D eigenvalue weighted by Gasteiger charge is -2.31. The number of benzene rings is 2. The van der Waals surface area contributed by atoms with Crippen LogP contribution >= 0.6 is 11.3 Å². The first kappa shape index (κ1) is 29.1. The third-order valence-electron chi connectivity index (χ3n) is 6.40. The molecule has 8 heteroatoms. The molecule has 1 atom stereocenters. The number of hydrogen-bond donors (Lipinski definition) is 2. The van der Waals surface area contributed by atoms with Crippen LogP contribution in [0.25, 0.3) is 10.4 Å². The summed E-state index contributed by atoms with van der Waals surface area (Å²) in [7, 11) is 0. The minimum Gasteiger partial charge on any atom is -0.465 e. The maximum atomic E-state index is 11.8. The van der Waals surface area contributed by atoms with Crippen molar-refractivity contribution in [2.75, 3.05) is 13.2 Å². The lowest BCUT2D eigenvalue weighted by atomic mass is 9.80. The Morgan fingerprint density at radius 3 is 2.05 bits per heavy atom. The first-order valence-corrected chi connectivity index (χ1v) is 13.4. The summed E-state index contributed by atoms with van der Waals surface area (Å²) in [6, 6.07) is 22.2. The fourth-order valence-electron chi connectivity index (χ4n) is 4.28. The maximum Gasteiger partial charge on any atom is 0.302 e. The SMILES string of the molecule is CC(=O)OCC(CCc1ccc(-c2ccc(C(O)CCc3ccccc3)s2)cc1)(COC(C)=O)CC(N)=O. The first-order chi connectivity index (χ1) is 18.2. The Hall–Kier alpha value is -3.49. The highest BCUT2D eigenvalue weighted by atomic mass is 32.1. The van der Waals surface area contributed by atoms with Gasteiger partial charge in [-0.25, -0.2) is 0 Å². The van der Waals surface area contributed by atoms with Crippen molar-refractivity contribution < 1.29 is 29.0 Å². The van der Waals surface area contributed by atoms with Gasteiger partial charge in [0.25, 0.3) is 0 Å². The van der Waals surface area contributed by atoms with Gasteiger partial charge in [0.1, 0.15) is 13.2 Å². The second kappa shape index (κ2) is 13.9. The fraction of sp³-hybridized carbons (Fsp3) is 0.367. The van der Waals surface area contributed by atoms with Gasteiger partial charge < -0.3 is 20.3 Å². The predicted molar refractivity (Wildman–Crippen MR) is 147 cm³/mol. The van der Waals surface area contributed by atoms with E-state index in [1.54, 1.807) is 11.3 Å². The molecule has 38 heavy (non-hydrogen) atoms. The Kier molecular flexibility index (Phi) is 10.6. The molecule has 1 unspecified atom stereocenters. The highest BCUT2D eigenvalue weighted by Gasteiger charge is 2.35. The average molecular weight is 538 g/mol. The third kappa shape index (κ3) is 9.11. The Morgan fingerprint density at radius 2 is 1.47 bits per heavy atom. The molecule has 2 aromatic carbocycles. The van der Waals surface area contributed by atoms with Gasteiger partial charge in [-0.15, -0.1) is 11.3 Å². The average Bonchev–Trinajstić information content (AvgIpc) is 3.39. The van der Waals surface area contributed by atoms with E-state index in [-0.39, 0.29) is 19.6 Å². The number of aliphatic hydroxyl groups is 1. The van der Waals surface area contributed by atoms with E-state index in [2.05, 4.69) is 12.1 Å². The molecule has 7 nitrogen and oxygen atoms in total. The van der Waals surface area contributed by atoms with E-state index in [0.717, 1.165) is 27.3 Å². The summed E-state index contributed by atoms with van der Waals surface area (Å²) >= 11 is 1.58. The number of aliphatic hydroxyl groups excluding tert-OH is 1. The Bertz CT molecular complexity index is 1190. The summed E-state index contributed by atoms with van der Waals surface area (Å²) in [5.41, 5.74) is 7.85. The summed E-state index contributed by atoms with van der Waals surface area (Å²) in [6.07, 6.45) is 1.90. The van der Waals surface area contributed by atoms with Crippen molar-refractivity contribution in [2.45, 2.75) is 52.1 Å². The maximum absolute atomic E-state index is 11.8. The summed E-state index contributed by atoms with van der Waals surface area (Å²) < 4.78 is 10.4. The van der Waals surface area contributed by atoms with Crippen molar-refractivity contribution in [3.8, 4) is 10.4 Å². The highest BCUT2D eigenvalue weighted by Crippen LogP contribution is 2.34. The van der Waals surface area contributed by atoms with Crippen LogP contribution in [0.15, 0.2) is 66.7 Å². The smallest absolute Gasteiger partial charge is 0.302 e. The number of amides is 1. The predicted octanol–water partition coefficient (Wildman–Crippen LogP) is 5.00. The molecule has 0 aliphatic rings. The Labute approximate surface area is 227 Å². The molecule has 0 radical (unpaired) electrons. The van der Waals surface area contributed by atoms with E-state index in [4.69, 9.17) is 15.2 Å². The minimum absolute atomic E-state index is 0.0682. The van der Waals surface area contributed by atoms with Gasteiger partial charge in [0.2, 0.25) is 5.91 Å². The lowest BCUT2D eigenvalue weighted by molar-refractivity contribution is -0.154. The fourth-order valence-corrected chi connectivity index (χ4v) is 5.31. The molecule has 0 aliphatic carbocycles. The number of rotatable bonds is 14. The van der Waals surface area contributed by atoms with E-state index in [1.807, 2.05) is 54.6 Å². The minimum atomic E-state index is -0.902. The van der Waals surface area contributed by atoms with Crippen LogP contribution in [0.1, 0.15) is 55.2 Å². The molecule has 0 saturated carbocycles. The quantitative estimate of drug-likeness (QED) is 0.280. The van der Waals surface area contributed by atoms with Gasteiger partial charge in [-0.2, -0.15) is 0 Å². The molecule has 3 rings (SSSR count). The zero-order valence-electron chi connectivity index (χ0n) is 21.9. The molecule has 0 fully saturated rings. The molecule has 3 aromatic rings. The monoisotopic (exact) mass is 537 g/mol. The molecule has 0 bridgehead atoms. The highest BCUT2D eigenvalue weighted by molar-refractivity contribution is 7.15. The number of aryl methyl sites for hydroxylation is 2. The molecule has 0 spiro atoms. The summed E-state index contributed by atoms with van der Waals surface area (Å²) in [5.74, 6) is -1.52. The van der Waals surface area contributed by atoms with Crippen molar-refractivity contribution in [3.63, 3.8) is 0 Å². The van der Waals surface area contributed by atoms with Crippen LogP contribution in [-0.2, 0) is 36.7 Å². The summed E-state index contributed by atoms with van der Waals surface area (Å²) in [4.78, 5) is 36.7. The normalized spacial score (nSPS) is 12.1. The van der Waals surface area contributed by atoms with Crippen LogP contribution in [0.5, 0.6) is 0 Å². The van der Waals surface area contributed by atoms with Gasteiger partial charge in [-0.05, 0) is 54.5 Å². The van der Waals surface area contributed by atoms with Crippen LogP contribution in [0.4, 0.5) is 0 Å². The number of carbonyl (C=O) groups excluding carboxylic acids is 3. The van der Waals surface area contributed by atoms with Crippen molar-refractivity contribution >= 4 is 29.2 Å². The summed E-state index contributed by atoms with van der Waals surface area (Å²) in [6.45, 7) is 2.44. The number of ether oxygens (including phenoxy) is 2. The van der Waals surface area contributed by atoms with Crippen LogP contribution in [0, 0.1) is 5.41 Å². The number of thiophene rings is 1. The molecule has 1 aromatic heterocycles. The van der Waals surface area contributed by atoms with E-state index in [9.17, 15) is 19.5 Å².